The largest absolute Gasteiger partial charge is 0.494 e. The van der Waals surface area contributed by atoms with Crippen LogP contribution in [0.3, 0.4) is 0 Å². The second-order valence-electron chi connectivity index (χ2n) is 6.04. The average molecular weight is 355 g/mol. The SMILES string of the molecule is CCOc1ccc(NC(=O)NCc2ccc(CN(CC)CC)cc2)cc1. The summed E-state index contributed by atoms with van der Waals surface area (Å²) in [4.78, 5) is 14.4. The van der Waals surface area contributed by atoms with Gasteiger partial charge in [-0.2, -0.15) is 0 Å². The number of amides is 2. The molecule has 2 aromatic rings. The monoisotopic (exact) mass is 355 g/mol. The zero-order valence-electron chi connectivity index (χ0n) is 15.9. The van der Waals surface area contributed by atoms with Gasteiger partial charge in [0, 0.05) is 18.8 Å². The van der Waals surface area contributed by atoms with E-state index < -0.39 is 0 Å². The van der Waals surface area contributed by atoms with E-state index in [9.17, 15) is 4.79 Å². The smallest absolute Gasteiger partial charge is 0.319 e. The predicted octanol–water partition coefficient (Wildman–Crippen LogP) is 4.25. The molecule has 2 aromatic carbocycles. The maximum absolute atomic E-state index is 12.0. The van der Waals surface area contributed by atoms with Crippen molar-refractivity contribution >= 4 is 11.7 Å². The van der Waals surface area contributed by atoms with Crippen molar-refractivity contribution in [3.63, 3.8) is 0 Å². The molecule has 5 heteroatoms. The Morgan fingerprint density at radius 2 is 1.54 bits per heavy atom. The van der Waals surface area contributed by atoms with E-state index in [4.69, 9.17) is 4.74 Å². The normalized spacial score (nSPS) is 10.6. The minimum atomic E-state index is -0.221. The molecule has 0 aliphatic rings. The molecule has 0 heterocycles. The van der Waals surface area contributed by atoms with Crippen LogP contribution in [0.2, 0.25) is 0 Å². The Hall–Kier alpha value is -2.53. The minimum Gasteiger partial charge on any atom is -0.494 e. The number of ether oxygens (including phenoxy) is 1. The summed E-state index contributed by atoms with van der Waals surface area (Å²) in [6.45, 7) is 10.5. The molecule has 0 aliphatic carbocycles. The zero-order chi connectivity index (χ0) is 18.8. The van der Waals surface area contributed by atoms with E-state index in [-0.39, 0.29) is 6.03 Å². The maximum Gasteiger partial charge on any atom is 0.319 e. The predicted molar refractivity (Wildman–Crippen MR) is 107 cm³/mol. The molecule has 0 aromatic heterocycles. The van der Waals surface area contributed by atoms with Crippen molar-refractivity contribution in [1.29, 1.82) is 0 Å². The van der Waals surface area contributed by atoms with Crippen LogP contribution in [0.15, 0.2) is 48.5 Å². The van der Waals surface area contributed by atoms with Crippen LogP contribution >= 0.6 is 0 Å². The fourth-order valence-corrected chi connectivity index (χ4v) is 2.63. The number of hydrogen-bond acceptors (Lipinski definition) is 3. The Balaban J connectivity index is 1.79. The van der Waals surface area contributed by atoms with Gasteiger partial charge < -0.3 is 15.4 Å². The van der Waals surface area contributed by atoms with Gasteiger partial charge in [-0.15, -0.1) is 0 Å². The van der Waals surface area contributed by atoms with E-state index in [1.165, 1.54) is 5.56 Å². The molecule has 0 aliphatic heterocycles. The van der Waals surface area contributed by atoms with Gasteiger partial charge in [0.15, 0.2) is 0 Å². The summed E-state index contributed by atoms with van der Waals surface area (Å²) in [6, 6.07) is 15.5. The van der Waals surface area contributed by atoms with Gasteiger partial charge in [0.1, 0.15) is 5.75 Å². The van der Waals surface area contributed by atoms with Crippen molar-refractivity contribution in [2.24, 2.45) is 0 Å². The molecular weight excluding hydrogens is 326 g/mol. The number of anilines is 1. The van der Waals surface area contributed by atoms with Gasteiger partial charge in [-0.25, -0.2) is 4.79 Å². The van der Waals surface area contributed by atoms with E-state index in [1.807, 2.05) is 31.2 Å². The molecule has 0 fully saturated rings. The van der Waals surface area contributed by atoms with E-state index in [0.29, 0.717) is 13.2 Å². The van der Waals surface area contributed by atoms with Crippen molar-refractivity contribution < 1.29 is 9.53 Å². The summed E-state index contributed by atoms with van der Waals surface area (Å²) < 4.78 is 5.39. The van der Waals surface area contributed by atoms with Crippen LogP contribution in [-0.2, 0) is 13.1 Å². The molecule has 2 rings (SSSR count). The van der Waals surface area contributed by atoms with Crippen molar-refractivity contribution in [2.45, 2.75) is 33.9 Å². The van der Waals surface area contributed by atoms with Crippen LogP contribution in [0.1, 0.15) is 31.9 Å². The Morgan fingerprint density at radius 3 is 2.12 bits per heavy atom. The number of urea groups is 1. The van der Waals surface area contributed by atoms with Crippen molar-refractivity contribution in [1.82, 2.24) is 10.2 Å². The fourth-order valence-electron chi connectivity index (χ4n) is 2.63. The molecule has 140 valence electrons. The Kier molecular flexibility index (Phi) is 7.96. The number of rotatable bonds is 9. The van der Waals surface area contributed by atoms with E-state index in [1.54, 1.807) is 0 Å². The first kappa shape index (κ1) is 19.8. The lowest BCUT2D eigenvalue weighted by atomic mass is 10.1. The summed E-state index contributed by atoms with van der Waals surface area (Å²) in [6.07, 6.45) is 0. The quantitative estimate of drug-likeness (QED) is 0.707. The number of carbonyl (C=O) groups is 1. The van der Waals surface area contributed by atoms with Crippen LogP contribution in [0.25, 0.3) is 0 Å². The zero-order valence-corrected chi connectivity index (χ0v) is 15.9. The molecule has 0 spiro atoms. The topological polar surface area (TPSA) is 53.6 Å². The minimum absolute atomic E-state index is 0.221. The first-order valence-electron chi connectivity index (χ1n) is 9.22. The van der Waals surface area contributed by atoms with Gasteiger partial charge in [0.25, 0.3) is 0 Å². The van der Waals surface area contributed by atoms with E-state index in [2.05, 4.69) is 53.6 Å². The highest BCUT2D eigenvalue weighted by atomic mass is 16.5. The summed E-state index contributed by atoms with van der Waals surface area (Å²) in [5.41, 5.74) is 3.10. The first-order valence-corrected chi connectivity index (χ1v) is 9.22. The molecule has 0 radical (unpaired) electrons. The number of benzene rings is 2. The highest BCUT2D eigenvalue weighted by molar-refractivity contribution is 5.89. The second-order valence-corrected chi connectivity index (χ2v) is 6.04. The third-order valence-electron chi connectivity index (χ3n) is 4.20. The molecule has 0 saturated carbocycles. The maximum atomic E-state index is 12.0. The van der Waals surface area contributed by atoms with Crippen molar-refractivity contribution in [3.8, 4) is 5.75 Å². The van der Waals surface area contributed by atoms with Crippen LogP contribution in [0.4, 0.5) is 10.5 Å². The standard InChI is InChI=1S/C21H29N3O2/c1-4-24(5-2)16-18-9-7-17(8-10-18)15-22-21(25)23-19-11-13-20(14-12-19)26-6-3/h7-14H,4-6,15-16H2,1-3H3,(H2,22,23,25). The second kappa shape index (κ2) is 10.5. The van der Waals surface area contributed by atoms with Gasteiger partial charge in [-0.3, -0.25) is 4.90 Å². The van der Waals surface area contributed by atoms with Gasteiger partial charge in [-0.05, 0) is 55.4 Å². The number of carbonyl (C=O) groups excluding carboxylic acids is 1. The Labute approximate surface area is 156 Å². The number of nitrogens with one attached hydrogen (secondary N) is 2. The summed E-state index contributed by atoms with van der Waals surface area (Å²) in [5, 5.41) is 5.70. The van der Waals surface area contributed by atoms with Gasteiger partial charge in [0.2, 0.25) is 0 Å². The third kappa shape index (κ3) is 6.41. The molecule has 0 saturated heterocycles. The van der Waals surface area contributed by atoms with Crippen LogP contribution in [0, 0.1) is 0 Å². The third-order valence-corrected chi connectivity index (χ3v) is 4.20. The van der Waals surface area contributed by atoms with Crippen molar-refractivity contribution in [3.05, 3.63) is 59.7 Å². The molecule has 5 nitrogen and oxygen atoms in total. The first-order chi connectivity index (χ1) is 12.6. The Bertz CT molecular complexity index is 665. The highest BCUT2D eigenvalue weighted by Crippen LogP contribution is 2.15. The Morgan fingerprint density at radius 1 is 0.923 bits per heavy atom. The van der Waals surface area contributed by atoms with E-state index in [0.717, 1.165) is 36.6 Å². The molecule has 26 heavy (non-hydrogen) atoms. The molecule has 2 N–H and O–H groups in total. The van der Waals surface area contributed by atoms with Crippen LogP contribution < -0.4 is 15.4 Å². The van der Waals surface area contributed by atoms with Crippen LogP contribution in [0.5, 0.6) is 5.75 Å². The van der Waals surface area contributed by atoms with Gasteiger partial charge >= 0.3 is 6.03 Å². The van der Waals surface area contributed by atoms with Crippen LogP contribution in [-0.4, -0.2) is 30.6 Å². The summed E-state index contributed by atoms with van der Waals surface area (Å²) in [7, 11) is 0. The van der Waals surface area contributed by atoms with E-state index >= 15 is 0 Å². The fraction of sp³-hybridized carbons (Fsp3) is 0.381. The highest BCUT2D eigenvalue weighted by Gasteiger charge is 2.04. The summed E-state index contributed by atoms with van der Waals surface area (Å²) >= 11 is 0. The molecule has 2 amide bonds. The molecule has 0 bridgehead atoms. The lowest BCUT2D eigenvalue weighted by molar-refractivity contribution is 0.251. The summed E-state index contributed by atoms with van der Waals surface area (Å²) in [5.74, 6) is 0.795. The number of nitrogens with zero attached hydrogens (tertiary/aromatic N) is 1. The molecule has 0 atom stereocenters. The van der Waals surface area contributed by atoms with Gasteiger partial charge in [0.05, 0.1) is 6.61 Å². The lowest BCUT2D eigenvalue weighted by Gasteiger charge is -2.18. The van der Waals surface area contributed by atoms with Gasteiger partial charge in [-0.1, -0.05) is 38.1 Å². The number of hydrogen-bond donors (Lipinski definition) is 2. The lowest BCUT2D eigenvalue weighted by Crippen LogP contribution is -2.28. The molecular formula is C21H29N3O2. The van der Waals surface area contributed by atoms with Crippen molar-refractivity contribution in [2.75, 3.05) is 25.0 Å². The average Bonchev–Trinajstić information content (AvgIpc) is 2.67. The molecule has 0 unspecified atom stereocenters.